The van der Waals surface area contributed by atoms with Crippen LogP contribution in [0.1, 0.15) is 52.4 Å². The molecule has 2 heterocycles. The van der Waals surface area contributed by atoms with E-state index < -0.39 is 0 Å². The number of likely N-dealkylation sites (tertiary alicyclic amines) is 1. The lowest BCUT2D eigenvalue weighted by Gasteiger charge is -2.29. The van der Waals surface area contributed by atoms with Crippen molar-refractivity contribution in [1.82, 2.24) is 9.80 Å². The Morgan fingerprint density at radius 3 is 2.42 bits per heavy atom. The number of nitrogens with zero attached hydrogens (tertiary/aromatic N) is 2. The van der Waals surface area contributed by atoms with Crippen LogP contribution in [-0.4, -0.2) is 34.7 Å². The summed E-state index contributed by atoms with van der Waals surface area (Å²) in [6, 6.07) is 15.7. The van der Waals surface area contributed by atoms with Crippen LogP contribution >= 0.6 is 0 Å². The summed E-state index contributed by atoms with van der Waals surface area (Å²) in [5.41, 5.74) is 4.01. The number of fused-ring (bicyclic) bond motifs is 1. The van der Waals surface area contributed by atoms with Crippen LogP contribution in [0, 0.1) is 6.92 Å². The highest BCUT2D eigenvalue weighted by Crippen LogP contribution is 2.34. The van der Waals surface area contributed by atoms with Gasteiger partial charge in [-0.2, -0.15) is 0 Å². The first-order valence-corrected chi connectivity index (χ1v) is 9.37. The van der Waals surface area contributed by atoms with Crippen LogP contribution in [0.15, 0.2) is 48.5 Å². The van der Waals surface area contributed by atoms with Crippen LogP contribution in [0.5, 0.6) is 0 Å². The number of rotatable bonds is 4. The number of carbonyl (C=O) groups excluding carboxylic acids is 2. The molecule has 0 unspecified atom stereocenters. The van der Waals surface area contributed by atoms with Gasteiger partial charge in [-0.05, 0) is 37.0 Å². The molecule has 0 aromatic heterocycles. The quantitative estimate of drug-likeness (QED) is 0.845. The summed E-state index contributed by atoms with van der Waals surface area (Å²) in [6.07, 6.45) is 2.51. The lowest BCUT2D eigenvalue weighted by atomic mass is 10.00. The van der Waals surface area contributed by atoms with E-state index in [1.807, 2.05) is 53.1 Å². The lowest BCUT2D eigenvalue weighted by molar-refractivity contribution is -0.131. The third-order valence-corrected chi connectivity index (χ3v) is 5.51. The van der Waals surface area contributed by atoms with Crippen LogP contribution in [0.25, 0.3) is 0 Å². The summed E-state index contributed by atoms with van der Waals surface area (Å²) in [6.45, 7) is 4.30. The van der Waals surface area contributed by atoms with Crippen LogP contribution in [-0.2, 0) is 11.3 Å². The fourth-order valence-electron chi connectivity index (χ4n) is 3.99. The first-order valence-electron chi connectivity index (χ1n) is 9.37. The van der Waals surface area contributed by atoms with Crippen LogP contribution < -0.4 is 0 Å². The molecule has 0 saturated carbocycles. The van der Waals surface area contributed by atoms with E-state index in [9.17, 15) is 9.59 Å². The molecule has 0 aliphatic carbocycles. The molecule has 4 rings (SSSR count). The smallest absolute Gasteiger partial charge is 0.255 e. The molecule has 1 saturated heterocycles. The van der Waals surface area contributed by atoms with E-state index in [4.69, 9.17) is 0 Å². The van der Waals surface area contributed by atoms with Gasteiger partial charge in [-0.25, -0.2) is 0 Å². The molecule has 1 atom stereocenters. The normalized spacial score (nSPS) is 17.5. The Morgan fingerprint density at radius 1 is 1.04 bits per heavy atom. The van der Waals surface area contributed by atoms with Crippen molar-refractivity contribution in [2.45, 2.75) is 38.8 Å². The highest BCUT2D eigenvalue weighted by atomic mass is 16.2. The maximum Gasteiger partial charge on any atom is 0.255 e. The Kier molecular flexibility index (Phi) is 4.49. The summed E-state index contributed by atoms with van der Waals surface area (Å²) in [7, 11) is 0. The topological polar surface area (TPSA) is 40.6 Å². The molecular formula is C22H24N2O2. The Balaban J connectivity index is 1.63. The molecular weight excluding hydrogens is 324 g/mol. The first-order chi connectivity index (χ1) is 12.6. The average Bonchev–Trinajstić information content (AvgIpc) is 3.30. The minimum absolute atomic E-state index is 0.0281. The first kappa shape index (κ1) is 16.8. The predicted octanol–water partition coefficient (Wildman–Crippen LogP) is 3.70. The monoisotopic (exact) mass is 348 g/mol. The van der Waals surface area contributed by atoms with E-state index in [1.165, 1.54) is 5.56 Å². The second-order valence-corrected chi connectivity index (χ2v) is 7.31. The number of hydrogen-bond donors (Lipinski definition) is 0. The van der Waals surface area contributed by atoms with Gasteiger partial charge in [0.1, 0.15) is 0 Å². The summed E-state index contributed by atoms with van der Waals surface area (Å²) in [5, 5.41) is 0. The van der Waals surface area contributed by atoms with Crippen molar-refractivity contribution in [2.24, 2.45) is 0 Å². The van der Waals surface area contributed by atoms with E-state index in [0.29, 0.717) is 13.0 Å². The number of hydrogen-bond acceptors (Lipinski definition) is 2. The second kappa shape index (κ2) is 6.94. The van der Waals surface area contributed by atoms with Gasteiger partial charge in [0.25, 0.3) is 5.91 Å². The zero-order valence-corrected chi connectivity index (χ0v) is 15.1. The van der Waals surface area contributed by atoms with Gasteiger partial charge < -0.3 is 9.80 Å². The van der Waals surface area contributed by atoms with E-state index in [2.05, 4.69) is 12.1 Å². The van der Waals surface area contributed by atoms with Crippen molar-refractivity contribution in [2.75, 3.05) is 13.1 Å². The largest absolute Gasteiger partial charge is 0.343 e. The number of aryl methyl sites for hydroxylation is 1. The SMILES string of the molecule is Cc1ccc([C@H](CC(=O)N2CCCC2)N2Cc3ccccc3C2=O)cc1. The van der Waals surface area contributed by atoms with E-state index >= 15 is 0 Å². The van der Waals surface area contributed by atoms with Crippen molar-refractivity contribution >= 4 is 11.8 Å². The third kappa shape index (κ3) is 3.12. The zero-order chi connectivity index (χ0) is 18.1. The molecule has 4 heteroatoms. The van der Waals surface area contributed by atoms with Crippen molar-refractivity contribution in [3.63, 3.8) is 0 Å². The standard InChI is InChI=1S/C22H24N2O2/c1-16-8-10-17(11-9-16)20(14-21(25)23-12-4-5-13-23)24-15-18-6-2-3-7-19(18)22(24)26/h2-3,6-11,20H,4-5,12-15H2,1H3/t20-/m0/s1. The van der Waals surface area contributed by atoms with Gasteiger partial charge in [0.15, 0.2) is 0 Å². The molecule has 2 aliphatic heterocycles. The number of benzene rings is 2. The molecule has 2 aromatic rings. The zero-order valence-electron chi connectivity index (χ0n) is 15.1. The van der Waals surface area contributed by atoms with Crippen LogP contribution in [0.3, 0.4) is 0 Å². The lowest BCUT2D eigenvalue weighted by Crippen LogP contribution is -2.35. The number of carbonyl (C=O) groups is 2. The molecule has 2 aromatic carbocycles. The van der Waals surface area contributed by atoms with E-state index in [1.54, 1.807) is 0 Å². The average molecular weight is 348 g/mol. The fraction of sp³-hybridized carbons (Fsp3) is 0.364. The van der Waals surface area contributed by atoms with Crippen molar-refractivity contribution in [3.05, 3.63) is 70.8 Å². The number of amides is 2. The highest BCUT2D eigenvalue weighted by Gasteiger charge is 2.35. The molecule has 4 nitrogen and oxygen atoms in total. The Morgan fingerprint density at radius 2 is 1.73 bits per heavy atom. The second-order valence-electron chi connectivity index (χ2n) is 7.31. The fourth-order valence-corrected chi connectivity index (χ4v) is 3.99. The van der Waals surface area contributed by atoms with E-state index in [0.717, 1.165) is 42.6 Å². The summed E-state index contributed by atoms with van der Waals surface area (Å²) >= 11 is 0. The van der Waals surface area contributed by atoms with Gasteiger partial charge >= 0.3 is 0 Å². The summed E-state index contributed by atoms with van der Waals surface area (Å²) in [4.78, 5) is 29.6. The van der Waals surface area contributed by atoms with Gasteiger partial charge in [-0.3, -0.25) is 9.59 Å². The minimum Gasteiger partial charge on any atom is -0.343 e. The minimum atomic E-state index is -0.219. The molecule has 1 fully saturated rings. The van der Waals surface area contributed by atoms with Gasteiger partial charge in [-0.1, -0.05) is 48.0 Å². The maximum absolute atomic E-state index is 13.0. The van der Waals surface area contributed by atoms with Gasteiger partial charge in [0.2, 0.25) is 5.91 Å². The van der Waals surface area contributed by atoms with Crippen LogP contribution in [0.4, 0.5) is 0 Å². The van der Waals surface area contributed by atoms with Gasteiger partial charge in [-0.15, -0.1) is 0 Å². The summed E-state index contributed by atoms with van der Waals surface area (Å²) < 4.78 is 0. The third-order valence-electron chi connectivity index (χ3n) is 5.51. The Bertz CT molecular complexity index is 822. The van der Waals surface area contributed by atoms with Crippen molar-refractivity contribution in [3.8, 4) is 0 Å². The summed E-state index contributed by atoms with van der Waals surface area (Å²) in [5.74, 6) is 0.178. The molecule has 134 valence electrons. The molecule has 0 N–H and O–H groups in total. The van der Waals surface area contributed by atoms with Gasteiger partial charge in [0.05, 0.1) is 12.5 Å². The Labute approximate surface area is 154 Å². The van der Waals surface area contributed by atoms with Crippen molar-refractivity contribution in [1.29, 1.82) is 0 Å². The molecule has 0 radical (unpaired) electrons. The predicted molar refractivity (Wildman–Crippen MR) is 101 cm³/mol. The molecule has 26 heavy (non-hydrogen) atoms. The molecule has 2 amide bonds. The van der Waals surface area contributed by atoms with Crippen molar-refractivity contribution < 1.29 is 9.59 Å². The molecule has 0 spiro atoms. The van der Waals surface area contributed by atoms with Crippen LogP contribution in [0.2, 0.25) is 0 Å². The van der Waals surface area contributed by atoms with Gasteiger partial charge in [0, 0.05) is 25.2 Å². The highest BCUT2D eigenvalue weighted by molar-refractivity contribution is 5.98. The maximum atomic E-state index is 13.0. The Hall–Kier alpha value is -2.62. The molecule has 2 aliphatic rings. The molecule has 0 bridgehead atoms. The van der Waals surface area contributed by atoms with E-state index in [-0.39, 0.29) is 17.9 Å².